The second-order valence-electron chi connectivity index (χ2n) is 5.76. The fourth-order valence-corrected chi connectivity index (χ4v) is 2.51. The van der Waals surface area contributed by atoms with Crippen LogP contribution in [0.25, 0.3) is 5.69 Å². The summed E-state index contributed by atoms with van der Waals surface area (Å²) >= 11 is 0. The number of nitrogens with zero attached hydrogens (tertiary/aromatic N) is 3. The molecule has 0 aliphatic rings. The van der Waals surface area contributed by atoms with Crippen molar-refractivity contribution in [3.8, 4) is 11.4 Å². The van der Waals surface area contributed by atoms with Crippen LogP contribution in [0.1, 0.15) is 11.1 Å². The van der Waals surface area contributed by atoms with Gasteiger partial charge >= 0.3 is 0 Å². The summed E-state index contributed by atoms with van der Waals surface area (Å²) in [6.07, 6.45) is 3.87. The lowest BCUT2D eigenvalue weighted by atomic mass is 10.2. The Bertz CT molecular complexity index is 840. The quantitative estimate of drug-likeness (QED) is 0.531. The highest BCUT2D eigenvalue weighted by Crippen LogP contribution is 2.11. The molecule has 0 bridgehead atoms. The van der Waals surface area contributed by atoms with Crippen molar-refractivity contribution in [1.29, 1.82) is 0 Å². The number of methoxy groups -OCH3 is 1. The lowest BCUT2D eigenvalue weighted by Gasteiger charge is -2.11. The number of hydrogen-bond donors (Lipinski definition) is 2. The number of benzene rings is 2. The molecule has 1 aromatic heterocycles. The van der Waals surface area contributed by atoms with E-state index in [2.05, 4.69) is 20.7 Å². The molecule has 0 amide bonds. The SMILES string of the molecule is CN=C(NCc1ccc(OC)cc1)NCc1cnn(-c2ccccc2)c1. The highest BCUT2D eigenvalue weighted by molar-refractivity contribution is 5.79. The number of guanidine groups is 1. The fourth-order valence-electron chi connectivity index (χ4n) is 2.51. The molecular weight excluding hydrogens is 326 g/mol. The summed E-state index contributed by atoms with van der Waals surface area (Å²) in [5.41, 5.74) is 3.28. The molecular formula is C20H23N5O. The Morgan fingerprint density at radius 3 is 2.35 bits per heavy atom. The van der Waals surface area contributed by atoms with Crippen LogP contribution in [0, 0.1) is 0 Å². The molecule has 6 nitrogen and oxygen atoms in total. The molecule has 2 N–H and O–H groups in total. The minimum Gasteiger partial charge on any atom is -0.497 e. The number of nitrogens with one attached hydrogen (secondary N) is 2. The Kier molecular flexibility index (Phi) is 5.88. The Morgan fingerprint density at radius 2 is 1.69 bits per heavy atom. The molecule has 6 heteroatoms. The lowest BCUT2D eigenvalue weighted by molar-refractivity contribution is 0.414. The van der Waals surface area contributed by atoms with Crippen molar-refractivity contribution >= 4 is 5.96 Å². The molecule has 1 heterocycles. The van der Waals surface area contributed by atoms with E-state index < -0.39 is 0 Å². The Labute approximate surface area is 153 Å². The lowest BCUT2D eigenvalue weighted by Crippen LogP contribution is -2.36. The molecule has 0 spiro atoms. The summed E-state index contributed by atoms with van der Waals surface area (Å²) in [6, 6.07) is 18.0. The summed E-state index contributed by atoms with van der Waals surface area (Å²) in [7, 11) is 3.43. The average molecular weight is 349 g/mol. The smallest absolute Gasteiger partial charge is 0.191 e. The van der Waals surface area contributed by atoms with Gasteiger partial charge in [-0.05, 0) is 29.8 Å². The van der Waals surface area contributed by atoms with E-state index in [1.165, 1.54) is 0 Å². The topological polar surface area (TPSA) is 63.5 Å². The third-order valence-electron chi connectivity index (χ3n) is 3.96. The van der Waals surface area contributed by atoms with Gasteiger partial charge in [0.05, 0.1) is 19.0 Å². The van der Waals surface area contributed by atoms with Crippen molar-refractivity contribution in [2.24, 2.45) is 4.99 Å². The fraction of sp³-hybridized carbons (Fsp3) is 0.200. The van der Waals surface area contributed by atoms with Crippen molar-refractivity contribution < 1.29 is 4.74 Å². The number of para-hydroxylation sites is 1. The van der Waals surface area contributed by atoms with Gasteiger partial charge in [0, 0.05) is 31.9 Å². The summed E-state index contributed by atoms with van der Waals surface area (Å²) in [6.45, 7) is 1.34. The third kappa shape index (κ3) is 4.63. The van der Waals surface area contributed by atoms with Crippen molar-refractivity contribution in [1.82, 2.24) is 20.4 Å². The molecule has 0 saturated heterocycles. The maximum Gasteiger partial charge on any atom is 0.191 e. The van der Waals surface area contributed by atoms with Crippen LogP contribution in [0.15, 0.2) is 72.0 Å². The highest BCUT2D eigenvalue weighted by atomic mass is 16.5. The van der Waals surface area contributed by atoms with Crippen molar-refractivity contribution in [2.45, 2.75) is 13.1 Å². The van der Waals surface area contributed by atoms with E-state index >= 15 is 0 Å². The van der Waals surface area contributed by atoms with Crippen LogP contribution in [0.4, 0.5) is 0 Å². The second-order valence-corrected chi connectivity index (χ2v) is 5.76. The molecule has 0 atom stereocenters. The predicted molar refractivity (Wildman–Crippen MR) is 104 cm³/mol. The van der Waals surface area contributed by atoms with Crippen molar-refractivity contribution in [2.75, 3.05) is 14.2 Å². The summed E-state index contributed by atoms with van der Waals surface area (Å²) < 4.78 is 7.04. The monoisotopic (exact) mass is 349 g/mol. The molecule has 0 fully saturated rings. The summed E-state index contributed by atoms with van der Waals surface area (Å²) in [5, 5.41) is 11.0. The van der Waals surface area contributed by atoms with E-state index in [-0.39, 0.29) is 0 Å². The molecule has 0 unspecified atom stereocenters. The van der Waals surface area contributed by atoms with Crippen LogP contribution >= 0.6 is 0 Å². The molecule has 0 aliphatic carbocycles. The highest BCUT2D eigenvalue weighted by Gasteiger charge is 2.03. The molecule has 3 aromatic rings. The number of aromatic nitrogens is 2. The van der Waals surface area contributed by atoms with Crippen LogP contribution in [0.2, 0.25) is 0 Å². The van der Waals surface area contributed by atoms with Gasteiger partial charge in [-0.25, -0.2) is 4.68 Å². The van der Waals surface area contributed by atoms with Gasteiger partial charge in [0.1, 0.15) is 5.75 Å². The van der Waals surface area contributed by atoms with Crippen molar-refractivity contribution in [3.05, 3.63) is 78.1 Å². The van der Waals surface area contributed by atoms with Gasteiger partial charge < -0.3 is 15.4 Å². The van der Waals surface area contributed by atoms with E-state index in [0.717, 1.165) is 28.5 Å². The van der Waals surface area contributed by atoms with Gasteiger partial charge in [0.2, 0.25) is 0 Å². The Morgan fingerprint density at radius 1 is 1.00 bits per heavy atom. The first kappa shape index (κ1) is 17.5. The Balaban J connectivity index is 1.52. The molecule has 0 radical (unpaired) electrons. The molecule has 134 valence electrons. The first-order chi connectivity index (χ1) is 12.8. The minimum absolute atomic E-state index is 0.648. The van der Waals surface area contributed by atoms with E-state index in [1.807, 2.05) is 71.7 Å². The van der Waals surface area contributed by atoms with Gasteiger partial charge in [-0.15, -0.1) is 0 Å². The maximum absolute atomic E-state index is 5.17. The number of rotatable bonds is 6. The first-order valence-electron chi connectivity index (χ1n) is 8.45. The third-order valence-corrected chi connectivity index (χ3v) is 3.96. The Hall–Kier alpha value is -3.28. The van der Waals surface area contributed by atoms with Gasteiger partial charge in [-0.1, -0.05) is 30.3 Å². The summed E-state index contributed by atoms with van der Waals surface area (Å²) in [4.78, 5) is 4.26. The van der Waals surface area contributed by atoms with Gasteiger partial charge in [0.15, 0.2) is 5.96 Å². The van der Waals surface area contributed by atoms with Crippen molar-refractivity contribution in [3.63, 3.8) is 0 Å². The van der Waals surface area contributed by atoms with Gasteiger partial charge in [-0.2, -0.15) is 5.10 Å². The van der Waals surface area contributed by atoms with E-state index in [9.17, 15) is 0 Å². The molecule has 2 aromatic carbocycles. The van der Waals surface area contributed by atoms with E-state index in [0.29, 0.717) is 13.1 Å². The van der Waals surface area contributed by atoms with Crippen LogP contribution in [0.5, 0.6) is 5.75 Å². The van der Waals surface area contributed by atoms with Crippen LogP contribution < -0.4 is 15.4 Å². The minimum atomic E-state index is 0.648. The zero-order valence-corrected chi connectivity index (χ0v) is 15.0. The van der Waals surface area contributed by atoms with E-state index in [1.54, 1.807) is 14.2 Å². The summed E-state index contributed by atoms with van der Waals surface area (Å²) in [5.74, 6) is 1.60. The number of hydrogen-bond acceptors (Lipinski definition) is 3. The second kappa shape index (κ2) is 8.71. The first-order valence-corrected chi connectivity index (χ1v) is 8.45. The number of aliphatic imine (C=N–C) groups is 1. The molecule has 26 heavy (non-hydrogen) atoms. The largest absolute Gasteiger partial charge is 0.497 e. The molecule has 0 aliphatic heterocycles. The normalized spacial score (nSPS) is 11.2. The molecule has 0 saturated carbocycles. The zero-order valence-electron chi connectivity index (χ0n) is 15.0. The predicted octanol–water partition coefficient (Wildman–Crippen LogP) is 2.75. The maximum atomic E-state index is 5.17. The van der Waals surface area contributed by atoms with Crippen LogP contribution in [0.3, 0.4) is 0 Å². The molecule has 3 rings (SSSR count). The van der Waals surface area contributed by atoms with E-state index in [4.69, 9.17) is 4.74 Å². The van der Waals surface area contributed by atoms with Crippen LogP contribution in [-0.4, -0.2) is 29.9 Å². The van der Waals surface area contributed by atoms with Crippen LogP contribution in [-0.2, 0) is 13.1 Å². The van der Waals surface area contributed by atoms with Gasteiger partial charge in [-0.3, -0.25) is 4.99 Å². The van der Waals surface area contributed by atoms with Gasteiger partial charge in [0.25, 0.3) is 0 Å². The standard InChI is InChI=1S/C20H23N5O/c1-21-20(22-12-16-8-10-19(26-2)11-9-16)23-13-17-14-24-25(15-17)18-6-4-3-5-7-18/h3-11,14-15H,12-13H2,1-2H3,(H2,21,22,23). The average Bonchev–Trinajstić information content (AvgIpc) is 3.18. The number of ether oxygens (including phenoxy) is 1. The zero-order chi connectivity index (χ0) is 18.2.